The van der Waals surface area contributed by atoms with E-state index in [1.165, 1.54) is 23.5 Å². The highest BCUT2D eigenvalue weighted by Gasteiger charge is 2.18. The fraction of sp³-hybridized carbons (Fsp3) is 0.375. The fourth-order valence-corrected chi connectivity index (χ4v) is 3.32. The van der Waals surface area contributed by atoms with E-state index in [2.05, 4.69) is 15.6 Å². The molecule has 22 heavy (non-hydrogen) atoms. The first-order valence-electron chi connectivity index (χ1n) is 7.41. The second-order valence-corrected chi connectivity index (χ2v) is 6.39. The van der Waals surface area contributed by atoms with Gasteiger partial charge in [-0.3, -0.25) is 4.79 Å². The van der Waals surface area contributed by atoms with Crippen LogP contribution >= 0.6 is 11.3 Å². The van der Waals surface area contributed by atoms with E-state index in [1.54, 1.807) is 17.5 Å². The molecule has 2 aromatic rings. The lowest BCUT2D eigenvalue weighted by Gasteiger charge is -2.23. The van der Waals surface area contributed by atoms with Crippen molar-refractivity contribution in [2.45, 2.75) is 25.3 Å². The normalized spacial score (nSPS) is 18.1. The van der Waals surface area contributed by atoms with Crippen molar-refractivity contribution in [1.29, 1.82) is 0 Å². The number of nitrogens with one attached hydrogen (secondary N) is 2. The molecule has 1 saturated heterocycles. The van der Waals surface area contributed by atoms with Crippen molar-refractivity contribution in [1.82, 2.24) is 15.6 Å². The molecule has 1 aromatic carbocycles. The predicted octanol–water partition coefficient (Wildman–Crippen LogP) is 2.35. The van der Waals surface area contributed by atoms with Gasteiger partial charge >= 0.3 is 0 Å². The molecule has 0 bridgehead atoms. The van der Waals surface area contributed by atoms with Gasteiger partial charge in [0.2, 0.25) is 0 Å². The number of thiazole rings is 1. The Morgan fingerprint density at radius 3 is 2.95 bits per heavy atom. The zero-order chi connectivity index (χ0) is 15.4. The number of aromatic nitrogens is 1. The Hall–Kier alpha value is -1.79. The summed E-state index contributed by atoms with van der Waals surface area (Å²) in [5.41, 5.74) is 1.45. The van der Waals surface area contributed by atoms with Crippen LogP contribution in [0.4, 0.5) is 4.39 Å². The number of benzene rings is 1. The Labute approximate surface area is 132 Å². The number of carbonyl (C=O) groups is 1. The zero-order valence-corrected chi connectivity index (χ0v) is 13.0. The van der Waals surface area contributed by atoms with Gasteiger partial charge in [-0.1, -0.05) is 12.1 Å². The van der Waals surface area contributed by atoms with Gasteiger partial charge in [0.25, 0.3) is 5.91 Å². The van der Waals surface area contributed by atoms with E-state index in [0.29, 0.717) is 12.1 Å². The number of nitrogens with zero attached hydrogens (tertiary/aromatic N) is 1. The SMILES string of the molecule is O=C(NC1CCCNC1)c1csc(Cc2ccc(F)cc2)n1. The molecule has 1 amide bonds. The van der Waals surface area contributed by atoms with Crippen molar-refractivity contribution >= 4 is 17.2 Å². The van der Waals surface area contributed by atoms with Crippen LogP contribution in [-0.2, 0) is 6.42 Å². The quantitative estimate of drug-likeness (QED) is 0.909. The second kappa shape index (κ2) is 6.98. The summed E-state index contributed by atoms with van der Waals surface area (Å²) in [6.07, 6.45) is 2.70. The maximum absolute atomic E-state index is 12.9. The van der Waals surface area contributed by atoms with Crippen LogP contribution in [0.5, 0.6) is 0 Å². The number of hydrogen-bond donors (Lipinski definition) is 2. The molecule has 1 atom stereocenters. The van der Waals surface area contributed by atoms with E-state index in [-0.39, 0.29) is 17.8 Å². The van der Waals surface area contributed by atoms with Crippen molar-refractivity contribution < 1.29 is 9.18 Å². The predicted molar refractivity (Wildman–Crippen MR) is 84.7 cm³/mol. The van der Waals surface area contributed by atoms with Gasteiger partial charge in [-0.25, -0.2) is 9.37 Å². The molecule has 6 heteroatoms. The molecule has 2 N–H and O–H groups in total. The summed E-state index contributed by atoms with van der Waals surface area (Å²) in [4.78, 5) is 16.6. The number of piperidine rings is 1. The van der Waals surface area contributed by atoms with Crippen LogP contribution in [0, 0.1) is 5.82 Å². The third kappa shape index (κ3) is 3.90. The van der Waals surface area contributed by atoms with Gasteiger partial charge in [0.15, 0.2) is 0 Å². The maximum atomic E-state index is 12.9. The third-order valence-corrected chi connectivity index (χ3v) is 4.53. The van der Waals surface area contributed by atoms with Gasteiger partial charge in [0, 0.05) is 24.4 Å². The number of rotatable bonds is 4. The van der Waals surface area contributed by atoms with Crippen LogP contribution in [0.1, 0.15) is 33.9 Å². The van der Waals surface area contributed by atoms with E-state index in [0.717, 1.165) is 36.5 Å². The molecule has 1 unspecified atom stereocenters. The molecule has 0 saturated carbocycles. The summed E-state index contributed by atoms with van der Waals surface area (Å²) in [5.74, 6) is -0.362. The smallest absolute Gasteiger partial charge is 0.271 e. The molecule has 1 aliphatic heterocycles. The summed E-state index contributed by atoms with van der Waals surface area (Å²) in [6.45, 7) is 1.84. The van der Waals surface area contributed by atoms with Crippen LogP contribution in [0.3, 0.4) is 0 Å². The lowest BCUT2D eigenvalue weighted by molar-refractivity contribution is 0.0926. The molecule has 4 nitrogen and oxygen atoms in total. The highest BCUT2D eigenvalue weighted by Crippen LogP contribution is 2.15. The van der Waals surface area contributed by atoms with Crippen LogP contribution in [-0.4, -0.2) is 30.0 Å². The fourth-order valence-electron chi connectivity index (χ4n) is 2.51. The largest absolute Gasteiger partial charge is 0.347 e. The van der Waals surface area contributed by atoms with Crippen LogP contribution in [0.15, 0.2) is 29.6 Å². The van der Waals surface area contributed by atoms with Gasteiger partial charge in [-0.2, -0.15) is 0 Å². The topological polar surface area (TPSA) is 54.0 Å². The summed E-state index contributed by atoms with van der Waals surface area (Å²) in [5, 5.41) is 8.93. The molecular formula is C16H18FN3OS. The highest BCUT2D eigenvalue weighted by molar-refractivity contribution is 7.09. The van der Waals surface area contributed by atoms with Crippen molar-refractivity contribution in [3.63, 3.8) is 0 Å². The van der Waals surface area contributed by atoms with E-state index < -0.39 is 0 Å². The first-order chi connectivity index (χ1) is 10.7. The molecule has 1 aliphatic rings. The molecule has 116 valence electrons. The van der Waals surface area contributed by atoms with Crippen LogP contribution in [0.25, 0.3) is 0 Å². The summed E-state index contributed by atoms with van der Waals surface area (Å²) >= 11 is 1.46. The van der Waals surface area contributed by atoms with Crippen molar-refractivity contribution in [2.75, 3.05) is 13.1 Å². The number of carbonyl (C=O) groups excluding carboxylic acids is 1. The highest BCUT2D eigenvalue weighted by atomic mass is 32.1. The molecule has 3 rings (SSSR count). The van der Waals surface area contributed by atoms with Gasteiger partial charge < -0.3 is 10.6 Å². The standard InChI is InChI=1S/C16H18FN3OS/c17-12-5-3-11(4-6-12)8-15-20-14(10-22-15)16(21)19-13-2-1-7-18-9-13/h3-6,10,13,18H,1-2,7-9H2,(H,19,21). The van der Waals surface area contributed by atoms with E-state index >= 15 is 0 Å². The molecule has 0 radical (unpaired) electrons. The number of halogens is 1. The minimum atomic E-state index is -0.246. The number of amides is 1. The van der Waals surface area contributed by atoms with Gasteiger partial charge in [0.05, 0.1) is 5.01 Å². The summed E-state index contributed by atoms with van der Waals surface area (Å²) in [6, 6.07) is 6.54. The number of hydrogen-bond acceptors (Lipinski definition) is 4. The molecule has 0 spiro atoms. The summed E-state index contributed by atoms with van der Waals surface area (Å²) < 4.78 is 12.9. The van der Waals surface area contributed by atoms with Crippen LogP contribution in [0.2, 0.25) is 0 Å². The van der Waals surface area contributed by atoms with Crippen LogP contribution < -0.4 is 10.6 Å². The summed E-state index contributed by atoms with van der Waals surface area (Å²) in [7, 11) is 0. The average Bonchev–Trinajstić information content (AvgIpc) is 2.99. The van der Waals surface area contributed by atoms with E-state index in [1.807, 2.05) is 0 Å². The maximum Gasteiger partial charge on any atom is 0.271 e. The average molecular weight is 319 g/mol. The first-order valence-corrected chi connectivity index (χ1v) is 8.29. The first kappa shape index (κ1) is 15.1. The monoisotopic (exact) mass is 319 g/mol. The van der Waals surface area contributed by atoms with Gasteiger partial charge in [-0.05, 0) is 37.1 Å². The molecule has 0 aliphatic carbocycles. The zero-order valence-electron chi connectivity index (χ0n) is 12.1. The third-order valence-electron chi connectivity index (χ3n) is 3.69. The Morgan fingerprint density at radius 2 is 2.23 bits per heavy atom. The van der Waals surface area contributed by atoms with Gasteiger partial charge in [-0.15, -0.1) is 11.3 Å². The minimum absolute atomic E-state index is 0.115. The molecule has 2 heterocycles. The van der Waals surface area contributed by atoms with Crippen molar-refractivity contribution in [3.05, 3.63) is 51.7 Å². The Balaban J connectivity index is 1.60. The van der Waals surface area contributed by atoms with E-state index in [9.17, 15) is 9.18 Å². The Morgan fingerprint density at radius 1 is 1.41 bits per heavy atom. The van der Waals surface area contributed by atoms with Crippen molar-refractivity contribution in [3.8, 4) is 0 Å². The van der Waals surface area contributed by atoms with E-state index in [4.69, 9.17) is 0 Å². The lowest BCUT2D eigenvalue weighted by atomic mass is 10.1. The molecule has 1 aromatic heterocycles. The van der Waals surface area contributed by atoms with Crippen molar-refractivity contribution in [2.24, 2.45) is 0 Å². The Bertz CT molecular complexity index is 635. The molecular weight excluding hydrogens is 301 g/mol. The minimum Gasteiger partial charge on any atom is -0.347 e. The lowest BCUT2D eigenvalue weighted by Crippen LogP contribution is -2.45. The van der Waals surface area contributed by atoms with Gasteiger partial charge in [0.1, 0.15) is 11.5 Å². The molecule has 1 fully saturated rings. The Kier molecular flexibility index (Phi) is 4.80. The second-order valence-electron chi connectivity index (χ2n) is 5.45.